The van der Waals surface area contributed by atoms with Crippen LogP contribution in [0.15, 0.2) is 60.8 Å². The maximum atomic E-state index is 4.57. The molecule has 0 aliphatic heterocycles. The average Bonchev–Trinajstić information content (AvgIpc) is 2.94. The molecule has 4 nitrogen and oxygen atoms in total. The minimum absolute atomic E-state index is 0.102. The van der Waals surface area contributed by atoms with E-state index in [0.717, 1.165) is 24.5 Å². The molecule has 3 rings (SSSR count). The van der Waals surface area contributed by atoms with E-state index in [1.165, 1.54) is 11.3 Å². The molecule has 3 aromatic rings. The van der Waals surface area contributed by atoms with Gasteiger partial charge in [0.1, 0.15) is 0 Å². The van der Waals surface area contributed by atoms with Gasteiger partial charge in [0.2, 0.25) is 0 Å². The summed E-state index contributed by atoms with van der Waals surface area (Å²) >= 11 is 0. The average molecular weight is 334 g/mol. The summed E-state index contributed by atoms with van der Waals surface area (Å²) in [6, 6.07) is 18.8. The third-order valence-electron chi connectivity index (χ3n) is 4.37. The highest BCUT2D eigenvalue weighted by atomic mass is 15.3. The van der Waals surface area contributed by atoms with Crippen LogP contribution in [0.25, 0.3) is 0 Å². The Hall–Kier alpha value is -2.46. The van der Waals surface area contributed by atoms with E-state index < -0.39 is 0 Å². The standard InChI is InChI=1S/C21H26N4/c1-16(15-25-18(3)13-17(2)24-25)14-23-21(19-9-5-4-6-10-19)20-11-7-8-12-22-20/h4-13,16,21,23H,14-15H2,1-3H3. The normalized spacial score (nSPS) is 13.6. The van der Waals surface area contributed by atoms with Crippen LogP contribution < -0.4 is 5.32 Å². The van der Waals surface area contributed by atoms with Crippen molar-refractivity contribution in [3.05, 3.63) is 83.4 Å². The molecule has 130 valence electrons. The van der Waals surface area contributed by atoms with Gasteiger partial charge in [-0.15, -0.1) is 0 Å². The third-order valence-corrected chi connectivity index (χ3v) is 4.37. The first-order chi connectivity index (χ1) is 12.1. The van der Waals surface area contributed by atoms with Crippen LogP contribution in [0.5, 0.6) is 0 Å². The van der Waals surface area contributed by atoms with E-state index in [-0.39, 0.29) is 6.04 Å². The highest BCUT2D eigenvalue weighted by molar-refractivity contribution is 5.27. The Labute approximate surface area is 149 Å². The van der Waals surface area contributed by atoms with Gasteiger partial charge in [-0.3, -0.25) is 9.67 Å². The van der Waals surface area contributed by atoms with Gasteiger partial charge in [0.25, 0.3) is 0 Å². The van der Waals surface area contributed by atoms with Gasteiger partial charge < -0.3 is 5.32 Å². The molecule has 0 fully saturated rings. The molecule has 25 heavy (non-hydrogen) atoms. The van der Waals surface area contributed by atoms with Crippen LogP contribution in [0.3, 0.4) is 0 Å². The first kappa shape index (κ1) is 17.4. The Bertz CT molecular complexity index is 741. The molecule has 0 aliphatic rings. The molecule has 0 spiro atoms. The number of hydrogen-bond donors (Lipinski definition) is 1. The molecule has 4 heteroatoms. The highest BCUT2D eigenvalue weighted by Crippen LogP contribution is 2.20. The number of nitrogens with zero attached hydrogens (tertiary/aromatic N) is 3. The van der Waals surface area contributed by atoms with Crippen LogP contribution in [0.4, 0.5) is 0 Å². The fraction of sp³-hybridized carbons (Fsp3) is 0.333. The van der Waals surface area contributed by atoms with Gasteiger partial charge >= 0.3 is 0 Å². The topological polar surface area (TPSA) is 42.7 Å². The second-order valence-electron chi connectivity index (χ2n) is 6.72. The van der Waals surface area contributed by atoms with Crippen molar-refractivity contribution in [3.63, 3.8) is 0 Å². The molecule has 0 saturated heterocycles. The summed E-state index contributed by atoms with van der Waals surface area (Å²) in [5.41, 5.74) is 4.58. The Morgan fingerprint density at radius 1 is 1.04 bits per heavy atom. The van der Waals surface area contributed by atoms with Crippen molar-refractivity contribution in [1.82, 2.24) is 20.1 Å². The Balaban J connectivity index is 1.69. The van der Waals surface area contributed by atoms with Gasteiger partial charge in [-0.2, -0.15) is 5.10 Å². The van der Waals surface area contributed by atoms with Gasteiger partial charge in [0.05, 0.1) is 17.4 Å². The Kier molecular flexibility index (Phi) is 5.61. The molecule has 1 N–H and O–H groups in total. The molecule has 0 radical (unpaired) electrons. The van der Waals surface area contributed by atoms with Crippen LogP contribution >= 0.6 is 0 Å². The molecular formula is C21H26N4. The predicted octanol–water partition coefficient (Wildman–Crippen LogP) is 3.91. The molecule has 1 aromatic carbocycles. The van der Waals surface area contributed by atoms with Crippen LogP contribution in [0.1, 0.15) is 35.6 Å². The third kappa shape index (κ3) is 4.54. The van der Waals surface area contributed by atoms with Crippen LogP contribution in [0, 0.1) is 19.8 Å². The molecule has 2 unspecified atom stereocenters. The van der Waals surface area contributed by atoms with E-state index in [1.54, 1.807) is 0 Å². The predicted molar refractivity (Wildman–Crippen MR) is 101 cm³/mol. The van der Waals surface area contributed by atoms with Gasteiger partial charge in [-0.05, 0) is 43.5 Å². The number of aryl methyl sites for hydroxylation is 2. The summed E-state index contributed by atoms with van der Waals surface area (Å²) < 4.78 is 2.10. The van der Waals surface area contributed by atoms with E-state index in [1.807, 2.05) is 31.3 Å². The first-order valence-corrected chi connectivity index (χ1v) is 8.84. The van der Waals surface area contributed by atoms with Crippen molar-refractivity contribution < 1.29 is 0 Å². The number of benzene rings is 1. The molecular weight excluding hydrogens is 308 g/mol. The fourth-order valence-corrected chi connectivity index (χ4v) is 3.12. The lowest BCUT2D eigenvalue weighted by atomic mass is 10.0. The van der Waals surface area contributed by atoms with Crippen molar-refractivity contribution in [2.75, 3.05) is 6.54 Å². The molecule has 2 heterocycles. The summed E-state index contributed by atoms with van der Waals surface area (Å²) in [4.78, 5) is 4.55. The van der Waals surface area contributed by atoms with Gasteiger partial charge in [0.15, 0.2) is 0 Å². The lowest BCUT2D eigenvalue weighted by Gasteiger charge is -2.22. The van der Waals surface area contributed by atoms with Gasteiger partial charge in [0, 0.05) is 25.0 Å². The van der Waals surface area contributed by atoms with Crippen molar-refractivity contribution in [1.29, 1.82) is 0 Å². The lowest BCUT2D eigenvalue weighted by molar-refractivity contribution is 0.402. The van der Waals surface area contributed by atoms with E-state index >= 15 is 0 Å². The largest absolute Gasteiger partial charge is 0.305 e. The van der Waals surface area contributed by atoms with Crippen molar-refractivity contribution in [3.8, 4) is 0 Å². The number of pyridine rings is 1. The molecule has 2 aromatic heterocycles. The molecule has 0 saturated carbocycles. The van der Waals surface area contributed by atoms with Crippen molar-refractivity contribution in [2.45, 2.75) is 33.4 Å². The van der Waals surface area contributed by atoms with Crippen LogP contribution in [-0.2, 0) is 6.54 Å². The zero-order valence-electron chi connectivity index (χ0n) is 15.2. The molecule has 2 atom stereocenters. The van der Waals surface area contributed by atoms with Gasteiger partial charge in [-0.1, -0.05) is 43.3 Å². The number of rotatable bonds is 7. The minimum atomic E-state index is 0.102. The summed E-state index contributed by atoms with van der Waals surface area (Å²) in [6.45, 7) is 8.22. The van der Waals surface area contributed by atoms with E-state index in [2.05, 4.69) is 70.3 Å². The van der Waals surface area contributed by atoms with Crippen molar-refractivity contribution in [2.24, 2.45) is 5.92 Å². The Morgan fingerprint density at radius 3 is 2.44 bits per heavy atom. The first-order valence-electron chi connectivity index (χ1n) is 8.84. The van der Waals surface area contributed by atoms with E-state index in [9.17, 15) is 0 Å². The maximum Gasteiger partial charge on any atom is 0.0751 e. The lowest BCUT2D eigenvalue weighted by Crippen LogP contribution is -2.30. The molecule has 0 aliphatic carbocycles. The quantitative estimate of drug-likeness (QED) is 0.712. The monoisotopic (exact) mass is 334 g/mol. The van der Waals surface area contributed by atoms with Gasteiger partial charge in [-0.25, -0.2) is 0 Å². The summed E-state index contributed by atoms with van der Waals surface area (Å²) in [6.07, 6.45) is 1.85. The zero-order valence-corrected chi connectivity index (χ0v) is 15.2. The molecule has 0 amide bonds. The second-order valence-corrected chi connectivity index (χ2v) is 6.72. The summed E-state index contributed by atoms with van der Waals surface area (Å²) in [5, 5.41) is 8.27. The zero-order chi connectivity index (χ0) is 17.6. The van der Waals surface area contributed by atoms with E-state index in [4.69, 9.17) is 0 Å². The summed E-state index contributed by atoms with van der Waals surface area (Å²) in [7, 11) is 0. The van der Waals surface area contributed by atoms with Crippen LogP contribution in [0.2, 0.25) is 0 Å². The smallest absolute Gasteiger partial charge is 0.0751 e. The van der Waals surface area contributed by atoms with Crippen molar-refractivity contribution >= 4 is 0 Å². The Morgan fingerprint density at radius 2 is 1.80 bits per heavy atom. The minimum Gasteiger partial charge on any atom is -0.305 e. The SMILES string of the molecule is Cc1cc(C)n(CC(C)CNC(c2ccccc2)c2ccccn2)n1. The highest BCUT2D eigenvalue weighted by Gasteiger charge is 2.16. The number of nitrogens with one attached hydrogen (secondary N) is 1. The summed E-state index contributed by atoms with van der Waals surface area (Å²) in [5.74, 6) is 0.466. The van der Waals surface area contributed by atoms with E-state index in [0.29, 0.717) is 5.92 Å². The van der Waals surface area contributed by atoms with Crippen LogP contribution in [-0.4, -0.2) is 21.3 Å². The second kappa shape index (κ2) is 8.08. The maximum absolute atomic E-state index is 4.57. The fourth-order valence-electron chi connectivity index (χ4n) is 3.12. The number of aromatic nitrogens is 3. The molecule has 0 bridgehead atoms. The number of hydrogen-bond acceptors (Lipinski definition) is 3.